The number of hydrogen-bond acceptors (Lipinski definition) is 3. The van der Waals surface area contributed by atoms with Crippen molar-refractivity contribution in [3.05, 3.63) is 11.6 Å². The number of amides is 1. The molecule has 0 bridgehead atoms. The maximum absolute atomic E-state index is 11.4. The average Bonchev–Trinajstić information content (AvgIpc) is 2.58. The maximum atomic E-state index is 11.4. The number of rotatable bonds is 3. The minimum atomic E-state index is -0.0539. The molecule has 17 heavy (non-hydrogen) atoms. The number of hydrogen-bond donors (Lipinski definition) is 1. The molecule has 5 heteroatoms. The first-order valence-electron chi connectivity index (χ1n) is 6.43. The molecule has 1 atom stereocenters. The van der Waals surface area contributed by atoms with Crippen LogP contribution in [0.1, 0.15) is 57.2 Å². The number of aromatic nitrogens is 3. The molecule has 0 fully saturated rings. The third-order valence-corrected chi connectivity index (χ3v) is 3.22. The molecule has 1 aromatic heterocycles. The van der Waals surface area contributed by atoms with E-state index in [1.165, 1.54) is 19.3 Å². The quantitative estimate of drug-likeness (QED) is 0.867. The van der Waals surface area contributed by atoms with E-state index in [0.717, 1.165) is 24.6 Å². The van der Waals surface area contributed by atoms with Crippen LogP contribution < -0.4 is 5.32 Å². The van der Waals surface area contributed by atoms with Crippen molar-refractivity contribution in [2.24, 2.45) is 0 Å². The van der Waals surface area contributed by atoms with Crippen LogP contribution in [0.15, 0.2) is 0 Å². The molecule has 2 rings (SSSR count). The predicted molar refractivity (Wildman–Crippen MR) is 64.4 cm³/mol. The van der Waals surface area contributed by atoms with E-state index < -0.39 is 0 Å². The first kappa shape index (κ1) is 12.1. The molecule has 1 aliphatic heterocycles. The monoisotopic (exact) mass is 236 g/mol. The summed E-state index contributed by atoms with van der Waals surface area (Å²) in [5.41, 5.74) is 0. The van der Waals surface area contributed by atoms with Gasteiger partial charge in [-0.25, -0.2) is 0 Å². The molecule has 1 N–H and O–H groups in total. The molecule has 0 aliphatic carbocycles. The smallest absolute Gasteiger partial charge is 0.220 e. The summed E-state index contributed by atoms with van der Waals surface area (Å²) in [6, 6.07) is -0.0539. The van der Waals surface area contributed by atoms with Gasteiger partial charge in [0.2, 0.25) is 5.91 Å². The van der Waals surface area contributed by atoms with Gasteiger partial charge in [-0.05, 0) is 19.8 Å². The molecule has 2 heterocycles. The minimum absolute atomic E-state index is 0.0539. The van der Waals surface area contributed by atoms with E-state index in [2.05, 4.69) is 20.1 Å². The zero-order valence-electron chi connectivity index (χ0n) is 10.6. The van der Waals surface area contributed by atoms with E-state index in [9.17, 15) is 4.79 Å². The molecule has 0 spiro atoms. The Morgan fingerprint density at radius 1 is 1.41 bits per heavy atom. The van der Waals surface area contributed by atoms with Gasteiger partial charge in [0.1, 0.15) is 5.82 Å². The summed E-state index contributed by atoms with van der Waals surface area (Å²) < 4.78 is 2.17. The molecule has 0 saturated heterocycles. The fourth-order valence-electron chi connectivity index (χ4n) is 2.24. The Kier molecular flexibility index (Phi) is 3.76. The van der Waals surface area contributed by atoms with Gasteiger partial charge in [-0.3, -0.25) is 4.79 Å². The molecule has 1 aromatic rings. The number of nitrogens with zero attached hydrogens (tertiary/aromatic N) is 3. The third-order valence-electron chi connectivity index (χ3n) is 3.22. The highest BCUT2D eigenvalue weighted by atomic mass is 16.1. The SMILES string of the molecule is CCC(=O)NC(C)c1nnc2n1CCCCC2. The Hall–Kier alpha value is -1.39. The first-order valence-corrected chi connectivity index (χ1v) is 6.43. The summed E-state index contributed by atoms with van der Waals surface area (Å²) in [5.74, 6) is 2.02. The summed E-state index contributed by atoms with van der Waals surface area (Å²) in [5, 5.41) is 11.4. The average molecular weight is 236 g/mol. The maximum Gasteiger partial charge on any atom is 0.220 e. The molecule has 5 nitrogen and oxygen atoms in total. The summed E-state index contributed by atoms with van der Waals surface area (Å²) in [4.78, 5) is 11.4. The second-order valence-corrected chi connectivity index (χ2v) is 4.58. The lowest BCUT2D eigenvalue weighted by Crippen LogP contribution is -2.28. The third kappa shape index (κ3) is 2.65. The van der Waals surface area contributed by atoms with Crippen LogP contribution in [0, 0.1) is 0 Å². The highest BCUT2D eigenvalue weighted by Gasteiger charge is 2.19. The topological polar surface area (TPSA) is 59.8 Å². The largest absolute Gasteiger partial charge is 0.346 e. The van der Waals surface area contributed by atoms with Crippen LogP contribution in [0.4, 0.5) is 0 Å². The van der Waals surface area contributed by atoms with Crippen molar-refractivity contribution in [2.45, 2.75) is 58.5 Å². The van der Waals surface area contributed by atoms with Crippen molar-refractivity contribution < 1.29 is 4.79 Å². The van der Waals surface area contributed by atoms with Crippen LogP contribution in [0.2, 0.25) is 0 Å². The number of carbonyl (C=O) groups is 1. The van der Waals surface area contributed by atoms with Crippen LogP contribution in [0.5, 0.6) is 0 Å². The van der Waals surface area contributed by atoms with Crippen LogP contribution in [0.3, 0.4) is 0 Å². The van der Waals surface area contributed by atoms with E-state index in [0.29, 0.717) is 6.42 Å². The molecular weight excluding hydrogens is 216 g/mol. The number of carbonyl (C=O) groups excluding carboxylic acids is 1. The van der Waals surface area contributed by atoms with Gasteiger partial charge in [-0.1, -0.05) is 13.3 Å². The van der Waals surface area contributed by atoms with E-state index in [1.807, 2.05) is 13.8 Å². The van der Waals surface area contributed by atoms with Crippen molar-refractivity contribution >= 4 is 5.91 Å². The molecule has 0 radical (unpaired) electrons. The zero-order chi connectivity index (χ0) is 12.3. The van der Waals surface area contributed by atoms with Crippen molar-refractivity contribution in [1.29, 1.82) is 0 Å². The van der Waals surface area contributed by atoms with Gasteiger partial charge in [-0.2, -0.15) is 0 Å². The molecule has 0 saturated carbocycles. The van der Waals surface area contributed by atoms with Crippen LogP contribution >= 0.6 is 0 Å². The van der Waals surface area contributed by atoms with Crippen molar-refractivity contribution in [3.8, 4) is 0 Å². The lowest BCUT2D eigenvalue weighted by Gasteiger charge is -2.14. The Morgan fingerprint density at radius 3 is 3.00 bits per heavy atom. The van der Waals surface area contributed by atoms with Gasteiger partial charge < -0.3 is 9.88 Å². The zero-order valence-corrected chi connectivity index (χ0v) is 10.6. The molecule has 1 amide bonds. The minimum Gasteiger partial charge on any atom is -0.346 e. The Labute approximate surface area is 102 Å². The van der Waals surface area contributed by atoms with Crippen molar-refractivity contribution in [3.63, 3.8) is 0 Å². The number of fused-ring (bicyclic) bond motifs is 1. The summed E-state index contributed by atoms with van der Waals surface area (Å²) >= 11 is 0. The summed E-state index contributed by atoms with van der Waals surface area (Å²) in [7, 11) is 0. The first-order chi connectivity index (χ1) is 8.22. The van der Waals surface area contributed by atoms with E-state index in [4.69, 9.17) is 0 Å². The van der Waals surface area contributed by atoms with Gasteiger partial charge in [0.05, 0.1) is 6.04 Å². The molecular formula is C12H20N4O. The van der Waals surface area contributed by atoms with Gasteiger partial charge in [0, 0.05) is 19.4 Å². The highest BCUT2D eigenvalue weighted by Crippen LogP contribution is 2.18. The van der Waals surface area contributed by atoms with E-state index in [-0.39, 0.29) is 11.9 Å². The Balaban J connectivity index is 2.15. The van der Waals surface area contributed by atoms with Crippen molar-refractivity contribution in [1.82, 2.24) is 20.1 Å². The van der Waals surface area contributed by atoms with Crippen LogP contribution in [-0.2, 0) is 17.8 Å². The van der Waals surface area contributed by atoms with Gasteiger partial charge >= 0.3 is 0 Å². The van der Waals surface area contributed by atoms with E-state index in [1.54, 1.807) is 0 Å². The lowest BCUT2D eigenvalue weighted by molar-refractivity contribution is -0.121. The summed E-state index contributed by atoms with van der Waals surface area (Å²) in [6.45, 7) is 4.80. The molecule has 0 aromatic carbocycles. The van der Waals surface area contributed by atoms with Crippen LogP contribution in [-0.4, -0.2) is 20.7 Å². The van der Waals surface area contributed by atoms with Gasteiger partial charge in [-0.15, -0.1) is 10.2 Å². The van der Waals surface area contributed by atoms with Crippen molar-refractivity contribution in [2.75, 3.05) is 0 Å². The lowest BCUT2D eigenvalue weighted by atomic mass is 10.2. The Morgan fingerprint density at radius 2 is 2.24 bits per heavy atom. The second kappa shape index (κ2) is 5.29. The van der Waals surface area contributed by atoms with Gasteiger partial charge in [0.15, 0.2) is 5.82 Å². The highest BCUT2D eigenvalue weighted by molar-refractivity contribution is 5.75. The number of nitrogens with one attached hydrogen (secondary N) is 1. The van der Waals surface area contributed by atoms with E-state index >= 15 is 0 Å². The molecule has 1 aliphatic rings. The van der Waals surface area contributed by atoms with Crippen LogP contribution in [0.25, 0.3) is 0 Å². The predicted octanol–water partition coefficient (Wildman–Crippen LogP) is 1.59. The van der Waals surface area contributed by atoms with Gasteiger partial charge in [0.25, 0.3) is 0 Å². The Bertz CT molecular complexity index is 399. The fourth-order valence-corrected chi connectivity index (χ4v) is 2.24. The fraction of sp³-hybridized carbons (Fsp3) is 0.750. The normalized spacial score (nSPS) is 17.1. The number of aryl methyl sites for hydroxylation is 1. The second-order valence-electron chi connectivity index (χ2n) is 4.58. The standard InChI is InChI=1S/C12H20N4O/c1-3-11(17)13-9(2)12-15-14-10-7-5-4-6-8-16(10)12/h9H,3-8H2,1-2H3,(H,13,17). The molecule has 94 valence electrons. The summed E-state index contributed by atoms with van der Waals surface area (Å²) in [6.07, 6.45) is 5.12. The molecule has 1 unspecified atom stereocenters.